The first-order valence-electron chi connectivity index (χ1n) is 7.55. The summed E-state index contributed by atoms with van der Waals surface area (Å²) in [4.78, 5) is 2.49. The van der Waals surface area contributed by atoms with Gasteiger partial charge in [0.05, 0.1) is 12.7 Å². The van der Waals surface area contributed by atoms with E-state index >= 15 is 0 Å². The van der Waals surface area contributed by atoms with Crippen LogP contribution < -0.4 is 5.32 Å². The molecule has 0 spiro atoms. The van der Waals surface area contributed by atoms with Crippen LogP contribution in [0.2, 0.25) is 0 Å². The molecule has 4 nitrogen and oxygen atoms in total. The number of piperidine rings is 1. The van der Waals surface area contributed by atoms with Crippen LogP contribution >= 0.6 is 0 Å². The number of methoxy groups -OCH3 is 1. The average molecular weight is 272 g/mol. The maximum absolute atomic E-state index is 9.67. The number of hydrogen-bond acceptors (Lipinski definition) is 4. The van der Waals surface area contributed by atoms with E-state index in [1.807, 2.05) is 0 Å². The lowest BCUT2D eigenvalue weighted by Crippen LogP contribution is -2.54. The quantitative estimate of drug-likeness (QED) is 0.739. The Morgan fingerprint density at radius 1 is 1.42 bits per heavy atom. The van der Waals surface area contributed by atoms with E-state index in [-0.39, 0.29) is 12.1 Å². The van der Waals surface area contributed by atoms with E-state index in [1.54, 1.807) is 7.11 Å². The Hall–Kier alpha value is -0.160. The van der Waals surface area contributed by atoms with Gasteiger partial charge in [-0.25, -0.2) is 0 Å². The van der Waals surface area contributed by atoms with Crippen LogP contribution in [-0.4, -0.2) is 60.5 Å². The summed E-state index contributed by atoms with van der Waals surface area (Å²) < 4.78 is 5.49. The molecule has 1 heterocycles. The van der Waals surface area contributed by atoms with Crippen LogP contribution in [0.15, 0.2) is 0 Å². The molecule has 0 amide bonds. The topological polar surface area (TPSA) is 44.7 Å². The van der Waals surface area contributed by atoms with Gasteiger partial charge in [-0.3, -0.25) is 4.90 Å². The first-order valence-corrected chi connectivity index (χ1v) is 7.55. The molecule has 114 valence electrons. The molecule has 4 heteroatoms. The van der Waals surface area contributed by atoms with Crippen LogP contribution in [0.1, 0.15) is 47.0 Å². The second-order valence-electron chi connectivity index (χ2n) is 6.57. The normalized spacial score (nSPS) is 26.4. The van der Waals surface area contributed by atoms with E-state index in [9.17, 15) is 5.11 Å². The smallest absolute Gasteiger partial charge is 0.0698 e. The Bertz CT molecular complexity index is 261. The van der Waals surface area contributed by atoms with Crippen LogP contribution in [0.3, 0.4) is 0 Å². The SMILES string of the molecule is COC1CCCN(C(C)CC(C)(CO)NC(C)C)C1. The van der Waals surface area contributed by atoms with Crippen LogP contribution in [-0.2, 0) is 4.74 Å². The number of rotatable bonds is 7. The van der Waals surface area contributed by atoms with Gasteiger partial charge in [0.25, 0.3) is 0 Å². The molecule has 0 aromatic carbocycles. The fourth-order valence-electron chi connectivity index (χ4n) is 3.21. The zero-order valence-corrected chi connectivity index (χ0v) is 13.3. The van der Waals surface area contributed by atoms with Crippen molar-refractivity contribution in [2.24, 2.45) is 0 Å². The monoisotopic (exact) mass is 272 g/mol. The number of aliphatic hydroxyl groups excluding tert-OH is 1. The van der Waals surface area contributed by atoms with Crippen molar-refractivity contribution in [1.29, 1.82) is 0 Å². The third-order valence-electron chi connectivity index (χ3n) is 4.10. The largest absolute Gasteiger partial charge is 0.394 e. The highest BCUT2D eigenvalue weighted by Gasteiger charge is 2.30. The Kier molecular flexibility index (Phi) is 6.74. The first kappa shape index (κ1) is 16.9. The first-order chi connectivity index (χ1) is 8.90. The molecule has 2 N–H and O–H groups in total. The summed E-state index contributed by atoms with van der Waals surface area (Å²) in [5.41, 5.74) is -0.201. The van der Waals surface area contributed by atoms with Crippen LogP contribution in [0.25, 0.3) is 0 Å². The molecule has 0 saturated carbocycles. The van der Waals surface area contributed by atoms with Gasteiger partial charge in [0.15, 0.2) is 0 Å². The molecule has 0 aromatic heterocycles. The average Bonchev–Trinajstić information content (AvgIpc) is 2.37. The van der Waals surface area contributed by atoms with Gasteiger partial charge in [0.1, 0.15) is 0 Å². The van der Waals surface area contributed by atoms with Gasteiger partial charge in [-0.2, -0.15) is 0 Å². The van der Waals surface area contributed by atoms with E-state index in [0.717, 1.165) is 19.5 Å². The predicted molar refractivity (Wildman–Crippen MR) is 79.4 cm³/mol. The van der Waals surface area contributed by atoms with Gasteiger partial charge in [-0.15, -0.1) is 0 Å². The van der Waals surface area contributed by atoms with Crippen molar-refractivity contribution >= 4 is 0 Å². The number of likely N-dealkylation sites (tertiary alicyclic amines) is 1. The standard InChI is InChI=1S/C15H32N2O2/c1-12(2)16-15(4,11-18)9-13(3)17-8-6-7-14(10-17)19-5/h12-14,16,18H,6-11H2,1-5H3. The molecule has 1 aliphatic rings. The van der Waals surface area contributed by atoms with E-state index in [2.05, 4.69) is 37.9 Å². The number of nitrogens with zero attached hydrogens (tertiary/aromatic N) is 1. The molecule has 0 aliphatic carbocycles. The Balaban J connectivity index is 2.54. The van der Waals surface area contributed by atoms with Gasteiger partial charge in [-0.1, -0.05) is 13.8 Å². The number of nitrogens with one attached hydrogen (secondary N) is 1. The maximum atomic E-state index is 9.67. The molecule has 3 atom stereocenters. The van der Waals surface area contributed by atoms with Crippen molar-refractivity contribution < 1.29 is 9.84 Å². The van der Waals surface area contributed by atoms with E-state index in [1.165, 1.54) is 12.8 Å². The second kappa shape index (κ2) is 7.58. The molecule has 1 aliphatic heterocycles. The van der Waals surface area contributed by atoms with E-state index in [4.69, 9.17) is 4.74 Å². The Morgan fingerprint density at radius 2 is 2.11 bits per heavy atom. The van der Waals surface area contributed by atoms with Gasteiger partial charge in [-0.05, 0) is 39.7 Å². The Labute approximate surface area is 118 Å². The van der Waals surface area contributed by atoms with Crippen molar-refractivity contribution in [3.05, 3.63) is 0 Å². The lowest BCUT2D eigenvalue weighted by Gasteiger charge is -2.41. The Morgan fingerprint density at radius 3 is 2.63 bits per heavy atom. The summed E-state index contributed by atoms with van der Waals surface area (Å²) in [6.07, 6.45) is 3.70. The van der Waals surface area contributed by atoms with Crippen LogP contribution in [0, 0.1) is 0 Å². The molecule has 19 heavy (non-hydrogen) atoms. The minimum absolute atomic E-state index is 0.178. The zero-order chi connectivity index (χ0) is 14.5. The summed E-state index contributed by atoms with van der Waals surface area (Å²) in [7, 11) is 1.80. The summed E-state index contributed by atoms with van der Waals surface area (Å²) in [5, 5.41) is 13.2. The van der Waals surface area contributed by atoms with Gasteiger partial charge in [0.2, 0.25) is 0 Å². The number of aliphatic hydroxyl groups is 1. The van der Waals surface area contributed by atoms with Crippen LogP contribution in [0.5, 0.6) is 0 Å². The lowest BCUT2D eigenvalue weighted by atomic mass is 9.91. The van der Waals surface area contributed by atoms with Crippen molar-refractivity contribution in [2.75, 3.05) is 26.8 Å². The van der Waals surface area contributed by atoms with Crippen molar-refractivity contribution in [1.82, 2.24) is 10.2 Å². The van der Waals surface area contributed by atoms with E-state index in [0.29, 0.717) is 18.2 Å². The molecule has 1 fully saturated rings. The number of ether oxygens (including phenoxy) is 1. The van der Waals surface area contributed by atoms with Gasteiger partial charge < -0.3 is 15.2 Å². The van der Waals surface area contributed by atoms with Crippen molar-refractivity contribution in [3.8, 4) is 0 Å². The van der Waals surface area contributed by atoms with Crippen molar-refractivity contribution in [2.45, 2.75) is 70.7 Å². The van der Waals surface area contributed by atoms with Crippen LogP contribution in [0.4, 0.5) is 0 Å². The van der Waals surface area contributed by atoms with Gasteiger partial charge in [0, 0.05) is 31.3 Å². The summed E-state index contributed by atoms with van der Waals surface area (Å²) in [6.45, 7) is 11.0. The molecule has 1 rings (SSSR count). The molecular weight excluding hydrogens is 240 g/mol. The highest BCUT2D eigenvalue weighted by molar-refractivity contribution is 4.89. The summed E-state index contributed by atoms with van der Waals surface area (Å²) >= 11 is 0. The second-order valence-corrected chi connectivity index (χ2v) is 6.57. The van der Waals surface area contributed by atoms with E-state index < -0.39 is 0 Å². The molecule has 3 unspecified atom stereocenters. The summed E-state index contributed by atoms with van der Waals surface area (Å²) in [5.74, 6) is 0. The lowest BCUT2D eigenvalue weighted by molar-refractivity contribution is 0.00797. The molecule has 0 aromatic rings. The minimum Gasteiger partial charge on any atom is -0.394 e. The zero-order valence-electron chi connectivity index (χ0n) is 13.3. The van der Waals surface area contributed by atoms with Gasteiger partial charge >= 0.3 is 0 Å². The predicted octanol–water partition coefficient (Wildman–Crippen LogP) is 1.62. The number of hydrogen-bond donors (Lipinski definition) is 2. The molecule has 0 radical (unpaired) electrons. The fourth-order valence-corrected chi connectivity index (χ4v) is 3.21. The minimum atomic E-state index is -0.201. The fraction of sp³-hybridized carbons (Fsp3) is 1.00. The third-order valence-corrected chi connectivity index (χ3v) is 4.10. The molecule has 0 bridgehead atoms. The summed E-state index contributed by atoms with van der Waals surface area (Å²) in [6, 6.07) is 0.846. The highest BCUT2D eigenvalue weighted by atomic mass is 16.5. The highest BCUT2D eigenvalue weighted by Crippen LogP contribution is 2.21. The third kappa shape index (κ3) is 5.38. The maximum Gasteiger partial charge on any atom is 0.0698 e. The molecular formula is C15H32N2O2. The molecule has 1 saturated heterocycles. The van der Waals surface area contributed by atoms with Crippen molar-refractivity contribution in [3.63, 3.8) is 0 Å².